The molecule has 0 aromatic carbocycles. The first kappa shape index (κ1) is 8.50. The van der Waals surface area contributed by atoms with Crippen molar-refractivity contribution in [3.8, 4) is 6.07 Å². The third-order valence-electron chi connectivity index (χ3n) is 1.24. The first-order chi connectivity index (χ1) is 5.65. The van der Waals surface area contributed by atoms with Crippen molar-refractivity contribution >= 4 is 16.8 Å². The molecule has 12 heavy (non-hydrogen) atoms. The second-order valence-electron chi connectivity index (χ2n) is 2.00. The second kappa shape index (κ2) is 3.20. The van der Waals surface area contributed by atoms with E-state index in [0.29, 0.717) is 0 Å². The molecule has 0 aliphatic carbocycles. The first-order valence-corrected chi connectivity index (χ1v) is 3.36. The molecule has 5 heteroatoms. The third-order valence-corrected chi connectivity index (χ3v) is 1.45. The predicted molar refractivity (Wildman–Crippen MR) is 42.0 cm³/mol. The Labute approximate surface area is 72.4 Å². The molecule has 0 fully saturated rings. The van der Waals surface area contributed by atoms with Gasteiger partial charge in [-0.2, -0.15) is 5.26 Å². The number of pyridine rings is 1. The van der Waals surface area contributed by atoms with Crippen LogP contribution in [0.1, 0.15) is 16.1 Å². The van der Waals surface area contributed by atoms with Crippen LogP contribution in [0.2, 0.25) is 0 Å². The summed E-state index contributed by atoms with van der Waals surface area (Å²) >= 11 is 5.13. The molecular formula is C7H3ClN2O2. The van der Waals surface area contributed by atoms with Gasteiger partial charge in [0.25, 0.3) is 5.24 Å². The fraction of sp³-hybridized carbons (Fsp3) is 0. The van der Waals surface area contributed by atoms with E-state index in [9.17, 15) is 9.59 Å². The molecule has 0 saturated heterocycles. The number of aromatic amines is 1. The monoisotopic (exact) mass is 182 g/mol. The summed E-state index contributed by atoms with van der Waals surface area (Å²) in [7, 11) is 0. The summed E-state index contributed by atoms with van der Waals surface area (Å²) in [4.78, 5) is 23.5. The van der Waals surface area contributed by atoms with Gasteiger partial charge in [-0.1, -0.05) is 0 Å². The van der Waals surface area contributed by atoms with Gasteiger partial charge in [0.2, 0.25) is 5.56 Å². The van der Waals surface area contributed by atoms with E-state index in [-0.39, 0.29) is 11.3 Å². The number of nitriles is 1. The van der Waals surface area contributed by atoms with Crippen LogP contribution in [0.5, 0.6) is 0 Å². The van der Waals surface area contributed by atoms with Crippen LogP contribution in [0.3, 0.4) is 0 Å². The molecule has 0 spiro atoms. The van der Waals surface area contributed by atoms with Crippen LogP contribution >= 0.6 is 11.6 Å². The van der Waals surface area contributed by atoms with Crippen LogP contribution in [-0.2, 0) is 0 Å². The highest BCUT2D eigenvalue weighted by Gasteiger charge is 2.08. The Kier molecular flexibility index (Phi) is 2.26. The third kappa shape index (κ3) is 1.52. The number of carbonyl (C=O) groups excluding carboxylic acids is 1. The van der Waals surface area contributed by atoms with Gasteiger partial charge in [-0.3, -0.25) is 9.59 Å². The van der Waals surface area contributed by atoms with Crippen molar-refractivity contribution in [1.82, 2.24) is 4.98 Å². The van der Waals surface area contributed by atoms with Crippen LogP contribution in [0.25, 0.3) is 0 Å². The van der Waals surface area contributed by atoms with Gasteiger partial charge in [-0.15, -0.1) is 0 Å². The van der Waals surface area contributed by atoms with Crippen molar-refractivity contribution in [2.45, 2.75) is 0 Å². The normalized spacial score (nSPS) is 9.00. The van der Waals surface area contributed by atoms with Crippen molar-refractivity contribution in [1.29, 1.82) is 5.26 Å². The number of carbonyl (C=O) groups is 1. The van der Waals surface area contributed by atoms with Crippen LogP contribution < -0.4 is 5.56 Å². The Balaban J connectivity index is 3.42. The number of nitrogens with one attached hydrogen (secondary N) is 1. The molecular weight excluding hydrogens is 180 g/mol. The zero-order chi connectivity index (χ0) is 9.14. The molecule has 0 bridgehead atoms. The van der Waals surface area contributed by atoms with Crippen molar-refractivity contribution in [2.75, 3.05) is 0 Å². The molecule has 0 aliphatic heterocycles. The highest BCUT2D eigenvalue weighted by atomic mass is 35.5. The van der Waals surface area contributed by atoms with Crippen molar-refractivity contribution in [2.24, 2.45) is 0 Å². The Morgan fingerprint density at radius 3 is 2.75 bits per heavy atom. The van der Waals surface area contributed by atoms with Crippen LogP contribution in [0.15, 0.2) is 16.9 Å². The molecule has 60 valence electrons. The van der Waals surface area contributed by atoms with Gasteiger partial charge in [0.1, 0.15) is 11.8 Å². The van der Waals surface area contributed by atoms with E-state index in [1.165, 1.54) is 6.07 Å². The highest BCUT2D eigenvalue weighted by molar-refractivity contribution is 6.67. The van der Waals surface area contributed by atoms with E-state index in [4.69, 9.17) is 16.9 Å². The molecule has 1 heterocycles. The Hall–Kier alpha value is -1.60. The minimum atomic E-state index is -0.761. The SMILES string of the molecule is N#Cc1[nH]c(=O)ccc1C(=O)Cl. The van der Waals surface area contributed by atoms with Gasteiger partial charge in [0.15, 0.2) is 0 Å². The lowest BCUT2D eigenvalue weighted by molar-refractivity contribution is 0.108. The minimum absolute atomic E-state index is 0.0127. The Morgan fingerprint density at radius 2 is 2.25 bits per heavy atom. The van der Waals surface area contributed by atoms with E-state index in [1.807, 2.05) is 0 Å². The van der Waals surface area contributed by atoms with Gasteiger partial charge < -0.3 is 4.98 Å². The number of nitrogens with zero attached hydrogens (tertiary/aromatic N) is 1. The smallest absolute Gasteiger partial charge is 0.255 e. The van der Waals surface area contributed by atoms with E-state index in [1.54, 1.807) is 6.07 Å². The van der Waals surface area contributed by atoms with Crippen molar-refractivity contribution in [3.05, 3.63) is 33.7 Å². The molecule has 0 aliphatic rings. The standard InChI is InChI=1S/C7H3ClN2O2/c8-7(12)4-1-2-6(11)10-5(4)3-9/h1-2H,(H,10,11). The molecule has 0 amide bonds. The van der Waals surface area contributed by atoms with Crippen LogP contribution in [-0.4, -0.2) is 10.2 Å². The lowest BCUT2D eigenvalue weighted by atomic mass is 10.2. The van der Waals surface area contributed by atoms with E-state index < -0.39 is 10.8 Å². The predicted octanol–water partition coefficient (Wildman–Crippen LogP) is 0.626. The maximum Gasteiger partial charge on any atom is 0.255 e. The summed E-state index contributed by atoms with van der Waals surface area (Å²) in [5.41, 5.74) is -0.533. The largest absolute Gasteiger partial charge is 0.313 e. The Morgan fingerprint density at radius 1 is 1.58 bits per heavy atom. The molecule has 1 aromatic rings. The van der Waals surface area contributed by atoms with E-state index in [0.717, 1.165) is 6.07 Å². The average molecular weight is 183 g/mol. The first-order valence-electron chi connectivity index (χ1n) is 2.98. The number of hydrogen-bond donors (Lipinski definition) is 1. The van der Waals surface area contributed by atoms with E-state index >= 15 is 0 Å². The molecule has 0 atom stereocenters. The number of aromatic nitrogens is 1. The van der Waals surface area contributed by atoms with Gasteiger partial charge in [-0.05, 0) is 17.7 Å². The van der Waals surface area contributed by atoms with Gasteiger partial charge in [0.05, 0.1) is 5.56 Å². The maximum atomic E-state index is 10.7. The van der Waals surface area contributed by atoms with Gasteiger partial charge in [-0.25, -0.2) is 0 Å². The summed E-state index contributed by atoms with van der Waals surface area (Å²) in [6.07, 6.45) is 0. The molecule has 4 nitrogen and oxygen atoms in total. The van der Waals surface area contributed by atoms with E-state index in [2.05, 4.69) is 4.98 Å². The molecule has 1 aromatic heterocycles. The topological polar surface area (TPSA) is 73.7 Å². The summed E-state index contributed by atoms with van der Waals surface area (Å²) < 4.78 is 0. The lowest BCUT2D eigenvalue weighted by Gasteiger charge is -1.94. The number of hydrogen-bond acceptors (Lipinski definition) is 3. The summed E-state index contributed by atoms with van der Waals surface area (Å²) in [6, 6.07) is 4.01. The van der Waals surface area contributed by atoms with Crippen molar-refractivity contribution < 1.29 is 4.79 Å². The number of H-pyrrole nitrogens is 1. The van der Waals surface area contributed by atoms with Gasteiger partial charge >= 0.3 is 0 Å². The summed E-state index contributed by atoms with van der Waals surface area (Å²) in [5, 5.41) is 7.70. The molecule has 1 N–H and O–H groups in total. The molecule has 0 unspecified atom stereocenters. The molecule has 0 radical (unpaired) electrons. The number of rotatable bonds is 1. The fourth-order valence-electron chi connectivity index (χ4n) is 0.727. The van der Waals surface area contributed by atoms with Gasteiger partial charge in [0, 0.05) is 6.07 Å². The molecule has 1 rings (SSSR count). The van der Waals surface area contributed by atoms with Crippen molar-refractivity contribution in [3.63, 3.8) is 0 Å². The minimum Gasteiger partial charge on any atom is -0.313 e. The molecule has 0 saturated carbocycles. The van der Waals surface area contributed by atoms with Crippen LogP contribution in [0.4, 0.5) is 0 Å². The average Bonchev–Trinajstić information content (AvgIpc) is 2.03. The fourth-order valence-corrected chi connectivity index (χ4v) is 0.884. The second-order valence-corrected chi connectivity index (χ2v) is 2.34. The maximum absolute atomic E-state index is 10.7. The zero-order valence-corrected chi connectivity index (χ0v) is 6.55. The Bertz CT molecular complexity index is 416. The van der Waals surface area contributed by atoms with Crippen LogP contribution in [0, 0.1) is 11.3 Å². The lowest BCUT2D eigenvalue weighted by Crippen LogP contribution is -2.09. The summed E-state index contributed by atoms with van der Waals surface area (Å²) in [5.74, 6) is 0. The highest BCUT2D eigenvalue weighted by Crippen LogP contribution is 2.04. The zero-order valence-electron chi connectivity index (χ0n) is 5.80. The number of halogens is 1. The quantitative estimate of drug-likeness (QED) is 0.648. The summed E-state index contributed by atoms with van der Waals surface area (Å²) in [6.45, 7) is 0.